The predicted molar refractivity (Wildman–Crippen MR) is 64.5 cm³/mol. The second kappa shape index (κ2) is 5.08. The predicted octanol–water partition coefficient (Wildman–Crippen LogP) is 0.987. The number of rotatable bonds is 2. The van der Waals surface area contributed by atoms with Crippen molar-refractivity contribution in [2.24, 2.45) is 5.92 Å². The number of nitrogens with zero attached hydrogens (tertiary/aromatic N) is 1. The molecule has 17 heavy (non-hydrogen) atoms. The number of piperidine rings is 1. The van der Waals surface area contributed by atoms with Crippen molar-refractivity contribution >= 4 is 28.8 Å². The third-order valence-electron chi connectivity index (χ3n) is 3.23. The molecule has 0 aromatic heterocycles. The Labute approximate surface area is 104 Å². The van der Waals surface area contributed by atoms with Crippen molar-refractivity contribution in [1.82, 2.24) is 10.2 Å². The number of imide groups is 1. The third-order valence-corrected chi connectivity index (χ3v) is 4.42. The molecule has 3 amide bonds. The van der Waals surface area contributed by atoms with Crippen LogP contribution >= 0.6 is 11.8 Å². The number of carbonyl (C=O) groups excluding carboxylic acids is 3. The molecule has 0 saturated carbocycles. The van der Waals surface area contributed by atoms with Crippen LogP contribution in [0, 0.1) is 5.92 Å². The van der Waals surface area contributed by atoms with E-state index in [-0.39, 0.29) is 17.1 Å². The Hall–Kier alpha value is -1.04. The molecule has 2 heterocycles. The summed E-state index contributed by atoms with van der Waals surface area (Å²) in [7, 11) is 0. The van der Waals surface area contributed by atoms with Gasteiger partial charge in [-0.3, -0.25) is 19.7 Å². The molecule has 0 aromatic carbocycles. The van der Waals surface area contributed by atoms with Crippen molar-refractivity contribution in [2.45, 2.75) is 31.4 Å². The number of hydrogen-bond donors (Lipinski definition) is 1. The van der Waals surface area contributed by atoms with Gasteiger partial charge in [0.2, 0.25) is 11.8 Å². The van der Waals surface area contributed by atoms with Gasteiger partial charge in [-0.15, -0.1) is 0 Å². The van der Waals surface area contributed by atoms with E-state index in [1.807, 2.05) is 4.90 Å². The van der Waals surface area contributed by atoms with Crippen LogP contribution < -0.4 is 5.32 Å². The first kappa shape index (κ1) is 12.4. The van der Waals surface area contributed by atoms with Crippen molar-refractivity contribution < 1.29 is 14.4 Å². The molecule has 0 unspecified atom stereocenters. The van der Waals surface area contributed by atoms with Gasteiger partial charge in [0.25, 0.3) is 5.24 Å². The minimum absolute atomic E-state index is 0.00736. The summed E-state index contributed by atoms with van der Waals surface area (Å²) >= 11 is 0.927. The van der Waals surface area contributed by atoms with E-state index in [0.29, 0.717) is 0 Å². The Morgan fingerprint density at radius 3 is 2.53 bits per heavy atom. The Kier molecular flexibility index (Phi) is 3.71. The fourth-order valence-corrected chi connectivity index (χ4v) is 3.11. The largest absolute Gasteiger partial charge is 0.342 e. The molecule has 2 aliphatic heterocycles. The quantitative estimate of drug-likeness (QED) is 0.800. The van der Waals surface area contributed by atoms with Crippen LogP contribution in [0.2, 0.25) is 0 Å². The summed E-state index contributed by atoms with van der Waals surface area (Å²) < 4.78 is 0. The Bertz CT molecular complexity index is 353. The van der Waals surface area contributed by atoms with Gasteiger partial charge in [0.15, 0.2) is 0 Å². The zero-order chi connectivity index (χ0) is 12.4. The lowest BCUT2D eigenvalue weighted by atomic mass is 10.0. The molecule has 0 aliphatic carbocycles. The molecule has 5 nitrogen and oxygen atoms in total. The maximum Gasteiger partial charge on any atom is 0.286 e. The summed E-state index contributed by atoms with van der Waals surface area (Å²) in [5.74, 6) is -0.769. The van der Waals surface area contributed by atoms with Gasteiger partial charge >= 0.3 is 0 Å². The standard InChI is InChI=1S/C11H16N2O3S/c1-7(8-9(14)12-11(16)17-8)10(15)13-5-3-2-4-6-13/h7-8H,2-6H2,1H3,(H,12,14,16)/t7-,8-/m1/s1. The smallest absolute Gasteiger partial charge is 0.286 e. The van der Waals surface area contributed by atoms with E-state index in [2.05, 4.69) is 5.32 Å². The van der Waals surface area contributed by atoms with E-state index < -0.39 is 11.2 Å². The van der Waals surface area contributed by atoms with Crippen molar-refractivity contribution in [3.63, 3.8) is 0 Å². The summed E-state index contributed by atoms with van der Waals surface area (Å²) in [4.78, 5) is 36.5. The molecule has 6 heteroatoms. The van der Waals surface area contributed by atoms with Gasteiger partial charge < -0.3 is 4.90 Å². The van der Waals surface area contributed by atoms with E-state index in [0.717, 1.165) is 44.1 Å². The lowest BCUT2D eigenvalue weighted by Crippen LogP contribution is -2.43. The van der Waals surface area contributed by atoms with Crippen molar-refractivity contribution in [1.29, 1.82) is 0 Å². The molecule has 94 valence electrons. The lowest BCUT2D eigenvalue weighted by Gasteiger charge is -2.30. The van der Waals surface area contributed by atoms with Gasteiger partial charge in [0, 0.05) is 13.1 Å². The van der Waals surface area contributed by atoms with Crippen LogP contribution in [-0.4, -0.2) is 40.3 Å². The van der Waals surface area contributed by atoms with Crippen LogP contribution in [0.25, 0.3) is 0 Å². The number of hydrogen-bond acceptors (Lipinski definition) is 4. The SMILES string of the molecule is C[C@@H](C(=O)N1CCCCC1)[C@H]1SC(=O)NC1=O. The summed E-state index contributed by atoms with van der Waals surface area (Å²) in [6.45, 7) is 3.28. The first-order chi connectivity index (χ1) is 8.09. The minimum Gasteiger partial charge on any atom is -0.342 e. The number of nitrogens with one attached hydrogen (secondary N) is 1. The van der Waals surface area contributed by atoms with Gasteiger partial charge in [-0.2, -0.15) is 0 Å². The Morgan fingerprint density at radius 1 is 1.35 bits per heavy atom. The van der Waals surface area contributed by atoms with Crippen LogP contribution in [0.4, 0.5) is 4.79 Å². The topological polar surface area (TPSA) is 66.5 Å². The summed E-state index contributed by atoms with van der Waals surface area (Å²) in [6.07, 6.45) is 3.22. The lowest BCUT2D eigenvalue weighted by molar-refractivity contribution is -0.137. The van der Waals surface area contributed by atoms with Gasteiger partial charge in [0.1, 0.15) is 5.25 Å². The molecule has 0 spiro atoms. The molecule has 2 aliphatic rings. The number of likely N-dealkylation sites (tertiary alicyclic amines) is 1. The van der Waals surface area contributed by atoms with Gasteiger partial charge in [-0.25, -0.2) is 0 Å². The highest BCUT2D eigenvalue weighted by atomic mass is 32.2. The van der Waals surface area contributed by atoms with E-state index in [9.17, 15) is 14.4 Å². The van der Waals surface area contributed by atoms with E-state index >= 15 is 0 Å². The van der Waals surface area contributed by atoms with Crippen LogP contribution in [0.1, 0.15) is 26.2 Å². The van der Waals surface area contributed by atoms with Crippen LogP contribution in [0.5, 0.6) is 0 Å². The van der Waals surface area contributed by atoms with E-state index in [1.54, 1.807) is 6.92 Å². The molecule has 0 radical (unpaired) electrons. The molecule has 0 aromatic rings. The Balaban J connectivity index is 1.98. The highest BCUT2D eigenvalue weighted by Crippen LogP contribution is 2.27. The van der Waals surface area contributed by atoms with Crippen molar-refractivity contribution in [2.75, 3.05) is 13.1 Å². The first-order valence-corrected chi connectivity index (χ1v) is 6.78. The summed E-state index contributed by atoms with van der Waals surface area (Å²) in [6, 6.07) is 0. The van der Waals surface area contributed by atoms with Gasteiger partial charge in [-0.1, -0.05) is 18.7 Å². The maximum absolute atomic E-state index is 12.2. The minimum atomic E-state index is -0.558. The molecule has 2 saturated heterocycles. The third kappa shape index (κ3) is 2.62. The van der Waals surface area contributed by atoms with E-state index in [4.69, 9.17) is 0 Å². The molecule has 2 atom stereocenters. The fraction of sp³-hybridized carbons (Fsp3) is 0.727. The second-order valence-electron chi connectivity index (χ2n) is 4.49. The molecule has 0 bridgehead atoms. The average Bonchev–Trinajstić information content (AvgIpc) is 2.68. The van der Waals surface area contributed by atoms with Gasteiger partial charge in [-0.05, 0) is 19.3 Å². The highest BCUT2D eigenvalue weighted by Gasteiger charge is 2.40. The van der Waals surface area contributed by atoms with E-state index in [1.165, 1.54) is 0 Å². The van der Waals surface area contributed by atoms with Crippen LogP contribution in [0.3, 0.4) is 0 Å². The summed E-state index contributed by atoms with van der Waals surface area (Å²) in [5.41, 5.74) is 0. The second-order valence-corrected chi connectivity index (χ2v) is 5.60. The molecular formula is C11H16N2O3S. The molecule has 2 rings (SSSR count). The molecule has 1 N–H and O–H groups in total. The van der Waals surface area contributed by atoms with Crippen LogP contribution in [-0.2, 0) is 9.59 Å². The van der Waals surface area contributed by atoms with Gasteiger partial charge in [0.05, 0.1) is 5.92 Å². The molecular weight excluding hydrogens is 240 g/mol. The zero-order valence-corrected chi connectivity index (χ0v) is 10.6. The molecule has 2 fully saturated rings. The van der Waals surface area contributed by atoms with Crippen molar-refractivity contribution in [3.05, 3.63) is 0 Å². The number of thioether (sulfide) groups is 1. The average molecular weight is 256 g/mol. The van der Waals surface area contributed by atoms with Crippen molar-refractivity contribution in [3.8, 4) is 0 Å². The summed E-state index contributed by atoms with van der Waals surface area (Å²) in [5, 5.41) is 1.31. The Morgan fingerprint density at radius 2 is 2.00 bits per heavy atom. The fourth-order valence-electron chi connectivity index (χ4n) is 2.23. The normalized spacial score (nSPS) is 26.9. The monoisotopic (exact) mass is 256 g/mol. The number of carbonyl (C=O) groups is 3. The highest BCUT2D eigenvalue weighted by molar-refractivity contribution is 8.15. The zero-order valence-electron chi connectivity index (χ0n) is 9.77. The first-order valence-electron chi connectivity index (χ1n) is 5.90. The number of amides is 3. The maximum atomic E-state index is 12.2. The van der Waals surface area contributed by atoms with Crippen LogP contribution in [0.15, 0.2) is 0 Å².